The van der Waals surface area contributed by atoms with Crippen LogP contribution in [0.3, 0.4) is 0 Å². The third-order valence-corrected chi connectivity index (χ3v) is 3.36. The third kappa shape index (κ3) is 3.05. The van der Waals surface area contributed by atoms with Crippen molar-refractivity contribution < 1.29 is 27.9 Å². The second kappa shape index (κ2) is 6.50. The van der Waals surface area contributed by atoms with Gasteiger partial charge in [-0.05, 0) is 12.1 Å². The molecule has 0 unspecified atom stereocenters. The lowest BCUT2D eigenvalue weighted by Crippen LogP contribution is -2.58. The monoisotopic (exact) mass is 312 g/mol. The van der Waals surface area contributed by atoms with Crippen LogP contribution in [0, 0.1) is 11.6 Å². The van der Waals surface area contributed by atoms with Gasteiger partial charge in [0, 0.05) is 13.1 Å². The molecule has 1 aromatic rings. The molecule has 1 fully saturated rings. The van der Waals surface area contributed by atoms with Crippen LogP contribution in [0.5, 0.6) is 0 Å². The zero-order chi connectivity index (χ0) is 16.3. The van der Waals surface area contributed by atoms with Crippen molar-refractivity contribution in [2.75, 3.05) is 20.2 Å². The van der Waals surface area contributed by atoms with Crippen LogP contribution in [0.2, 0.25) is 0 Å². The van der Waals surface area contributed by atoms with Crippen LogP contribution in [0.1, 0.15) is 16.8 Å². The van der Waals surface area contributed by atoms with E-state index in [4.69, 9.17) is 0 Å². The molecule has 1 atom stereocenters. The largest absolute Gasteiger partial charge is 0.469 e. The number of nitrogens with one attached hydrogen (secondary N) is 1. The van der Waals surface area contributed by atoms with Gasteiger partial charge in [-0.15, -0.1) is 0 Å². The van der Waals surface area contributed by atoms with E-state index in [2.05, 4.69) is 10.1 Å². The molecule has 1 N–H and O–H groups in total. The first-order valence-corrected chi connectivity index (χ1v) is 6.55. The predicted molar refractivity (Wildman–Crippen MR) is 70.8 cm³/mol. The highest BCUT2D eigenvalue weighted by molar-refractivity contribution is 5.99. The molecular weight excluding hydrogens is 298 g/mol. The Balaban J connectivity index is 2.32. The van der Waals surface area contributed by atoms with E-state index in [1.165, 1.54) is 0 Å². The van der Waals surface area contributed by atoms with E-state index in [1.807, 2.05) is 0 Å². The van der Waals surface area contributed by atoms with E-state index in [1.54, 1.807) is 0 Å². The number of nitrogens with zero attached hydrogens (tertiary/aromatic N) is 1. The molecule has 1 saturated heterocycles. The number of amides is 2. The Morgan fingerprint density at radius 2 is 2.00 bits per heavy atom. The molecule has 0 spiro atoms. The van der Waals surface area contributed by atoms with Gasteiger partial charge in [-0.2, -0.15) is 0 Å². The number of carbonyl (C=O) groups is 3. The van der Waals surface area contributed by atoms with Crippen LogP contribution in [0.4, 0.5) is 8.78 Å². The number of hydrogen-bond acceptors (Lipinski definition) is 4. The summed E-state index contributed by atoms with van der Waals surface area (Å²) in [6.07, 6.45) is -0.385. The van der Waals surface area contributed by atoms with Crippen molar-refractivity contribution in [3.63, 3.8) is 0 Å². The van der Waals surface area contributed by atoms with Crippen molar-refractivity contribution in [1.82, 2.24) is 10.2 Å². The van der Waals surface area contributed by atoms with Crippen LogP contribution in [-0.4, -0.2) is 48.9 Å². The number of benzene rings is 1. The molecule has 0 aromatic heterocycles. The van der Waals surface area contributed by atoms with E-state index >= 15 is 0 Å². The summed E-state index contributed by atoms with van der Waals surface area (Å²) in [5.74, 6) is -4.28. The minimum atomic E-state index is -1.16. The minimum Gasteiger partial charge on any atom is -0.469 e. The maximum Gasteiger partial charge on any atom is 0.308 e. The lowest BCUT2D eigenvalue weighted by molar-refractivity contribution is -0.145. The molecule has 0 saturated carbocycles. The summed E-state index contributed by atoms with van der Waals surface area (Å²) in [6.45, 7) is 0.179. The molecule has 6 nitrogen and oxygen atoms in total. The number of piperazine rings is 1. The highest BCUT2D eigenvalue weighted by atomic mass is 19.1. The molecule has 1 aromatic carbocycles. The van der Waals surface area contributed by atoms with Gasteiger partial charge in [0.2, 0.25) is 5.91 Å². The standard InChI is InChI=1S/C14H14F2N2O4/c1-22-11(19)7-10-13(20)17-5-6-18(10)14(21)12-8(15)3-2-4-9(12)16/h2-4,10H,5-7H2,1H3,(H,17,20)/t10-/m0/s1. The Bertz CT molecular complexity index is 601. The quantitative estimate of drug-likeness (QED) is 0.823. The zero-order valence-electron chi connectivity index (χ0n) is 11.8. The molecular formula is C14H14F2N2O4. The topological polar surface area (TPSA) is 75.7 Å². The summed E-state index contributed by atoms with van der Waals surface area (Å²) in [7, 11) is 1.14. The second-order valence-corrected chi connectivity index (χ2v) is 4.68. The van der Waals surface area contributed by atoms with Gasteiger partial charge in [-0.1, -0.05) is 6.07 Å². The van der Waals surface area contributed by atoms with Gasteiger partial charge >= 0.3 is 5.97 Å². The zero-order valence-corrected chi connectivity index (χ0v) is 11.8. The average Bonchev–Trinajstić information content (AvgIpc) is 2.48. The Morgan fingerprint density at radius 1 is 1.36 bits per heavy atom. The van der Waals surface area contributed by atoms with Gasteiger partial charge in [0.15, 0.2) is 0 Å². The van der Waals surface area contributed by atoms with Gasteiger partial charge in [0.05, 0.1) is 13.5 Å². The molecule has 22 heavy (non-hydrogen) atoms. The van der Waals surface area contributed by atoms with Crippen LogP contribution in [0.15, 0.2) is 18.2 Å². The van der Waals surface area contributed by atoms with E-state index < -0.39 is 41.0 Å². The van der Waals surface area contributed by atoms with Gasteiger partial charge in [0.1, 0.15) is 23.2 Å². The average molecular weight is 312 g/mol. The van der Waals surface area contributed by atoms with Crippen molar-refractivity contribution in [1.29, 1.82) is 0 Å². The predicted octanol–water partition coefficient (Wildman–Crippen LogP) is 0.468. The maximum atomic E-state index is 13.7. The first-order chi connectivity index (χ1) is 10.5. The van der Waals surface area contributed by atoms with Crippen molar-refractivity contribution >= 4 is 17.8 Å². The van der Waals surface area contributed by atoms with Crippen LogP contribution in [-0.2, 0) is 14.3 Å². The van der Waals surface area contributed by atoms with E-state index in [0.29, 0.717) is 0 Å². The molecule has 0 radical (unpaired) electrons. The summed E-state index contributed by atoms with van der Waals surface area (Å²) in [5.41, 5.74) is -0.743. The third-order valence-electron chi connectivity index (χ3n) is 3.36. The van der Waals surface area contributed by atoms with Gasteiger partial charge < -0.3 is 15.0 Å². The molecule has 1 aliphatic rings. The molecule has 0 bridgehead atoms. The fourth-order valence-corrected chi connectivity index (χ4v) is 2.25. The summed E-state index contributed by atoms with van der Waals surface area (Å²) in [6, 6.07) is 1.88. The minimum absolute atomic E-state index is 0.0417. The number of ether oxygens (including phenoxy) is 1. The summed E-state index contributed by atoms with van der Waals surface area (Å²) < 4.78 is 31.9. The van der Waals surface area contributed by atoms with Gasteiger partial charge in [-0.25, -0.2) is 8.78 Å². The fraction of sp³-hybridized carbons (Fsp3) is 0.357. The first-order valence-electron chi connectivity index (χ1n) is 6.55. The van der Waals surface area contributed by atoms with Crippen molar-refractivity contribution in [2.45, 2.75) is 12.5 Å². The number of halogens is 2. The second-order valence-electron chi connectivity index (χ2n) is 4.68. The van der Waals surface area contributed by atoms with Crippen LogP contribution < -0.4 is 5.32 Å². The summed E-state index contributed by atoms with van der Waals surface area (Å²) in [4.78, 5) is 36.6. The Labute approximate surface area is 125 Å². The normalized spacial score (nSPS) is 17.9. The maximum absolute atomic E-state index is 13.7. The van der Waals surface area contributed by atoms with Gasteiger partial charge in [-0.3, -0.25) is 14.4 Å². The molecule has 118 valence electrons. The molecule has 1 aliphatic heterocycles. The van der Waals surface area contributed by atoms with E-state index in [-0.39, 0.29) is 19.5 Å². The van der Waals surface area contributed by atoms with Gasteiger partial charge in [0.25, 0.3) is 5.91 Å². The van der Waals surface area contributed by atoms with Crippen LogP contribution >= 0.6 is 0 Å². The number of hydrogen-bond donors (Lipinski definition) is 1. The van der Waals surface area contributed by atoms with Crippen molar-refractivity contribution in [3.05, 3.63) is 35.4 Å². The number of esters is 1. The molecule has 1 heterocycles. The molecule has 0 aliphatic carbocycles. The highest BCUT2D eigenvalue weighted by Crippen LogP contribution is 2.19. The first kappa shape index (κ1) is 15.9. The van der Waals surface area contributed by atoms with E-state index in [0.717, 1.165) is 30.2 Å². The Hall–Kier alpha value is -2.51. The lowest BCUT2D eigenvalue weighted by atomic mass is 10.1. The SMILES string of the molecule is COC(=O)C[C@H]1C(=O)NCCN1C(=O)c1c(F)cccc1F. The van der Waals surface area contributed by atoms with Crippen LogP contribution in [0.25, 0.3) is 0 Å². The highest BCUT2D eigenvalue weighted by Gasteiger charge is 2.37. The Kier molecular flexibility index (Phi) is 4.69. The number of rotatable bonds is 3. The summed E-state index contributed by atoms with van der Waals surface area (Å²) in [5, 5.41) is 2.50. The fourth-order valence-electron chi connectivity index (χ4n) is 2.25. The van der Waals surface area contributed by atoms with E-state index in [9.17, 15) is 23.2 Å². The molecule has 2 amide bonds. The Morgan fingerprint density at radius 3 is 2.59 bits per heavy atom. The van der Waals surface area contributed by atoms with Crippen molar-refractivity contribution in [2.24, 2.45) is 0 Å². The smallest absolute Gasteiger partial charge is 0.308 e. The summed E-state index contributed by atoms with van der Waals surface area (Å²) >= 11 is 0. The molecule has 8 heteroatoms. The molecule has 2 rings (SSSR count). The lowest BCUT2D eigenvalue weighted by Gasteiger charge is -2.34. The number of carbonyl (C=O) groups excluding carboxylic acids is 3. The number of methoxy groups -OCH3 is 1. The van der Waals surface area contributed by atoms with Crippen molar-refractivity contribution in [3.8, 4) is 0 Å².